The average molecular weight is 326 g/mol. The standard InChI is InChI=1S/C18H15FN2O3/c19-14-7-3-2-6-13(14)17-11-15(21-24-17)18(23)20-10-9-12-5-1-4-8-16(12)22/h1-8,11,22H,9-10H2,(H,20,23). The SMILES string of the molecule is O=C(NCCc1ccccc1O)c1cc(-c2ccccc2F)on1. The van der Waals surface area contributed by atoms with E-state index in [2.05, 4.69) is 10.5 Å². The molecule has 2 aromatic carbocycles. The van der Waals surface area contributed by atoms with E-state index in [9.17, 15) is 14.3 Å². The van der Waals surface area contributed by atoms with Crippen LogP contribution in [-0.2, 0) is 6.42 Å². The lowest BCUT2D eigenvalue weighted by Gasteiger charge is -2.05. The summed E-state index contributed by atoms with van der Waals surface area (Å²) < 4.78 is 18.7. The van der Waals surface area contributed by atoms with E-state index in [1.54, 1.807) is 36.4 Å². The third-order valence-electron chi connectivity index (χ3n) is 3.55. The van der Waals surface area contributed by atoms with Gasteiger partial charge in [0.1, 0.15) is 11.6 Å². The topological polar surface area (TPSA) is 75.4 Å². The maximum atomic E-state index is 13.7. The number of benzene rings is 2. The maximum Gasteiger partial charge on any atom is 0.273 e. The molecule has 1 aromatic heterocycles. The molecule has 1 amide bonds. The highest BCUT2D eigenvalue weighted by atomic mass is 19.1. The molecule has 0 radical (unpaired) electrons. The molecule has 0 saturated carbocycles. The number of hydrogen-bond donors (Lipinski definition) is 2. The zero-order valence-corrected chi connectivity index (χ0v) is 12.7. The molecular formula is C18H15FN2O3. The molecule has 0 bridgehead atoms. The largest absolute Gasteiger partial charge is 0.508 e. The number of nitrogens with one attached hydrogen (secondary N) is 1. The van der Waals surface area contributed by atoms with Crippen molar-refractivity contribution in [3.05, 3.63) is 71.7 Å². The van der Waals surface area contributed by atoms with Crippen molar-refractivity contribution in [2.45, 2.75) is 6.42 Å². The second kappa shape index (κ2) is 6.95. The second-order valence-corrected chi connectivity index (χ2v) is 5.19. The predicted octanol–water partition coefficient (Wildman–Crippen LogP) is 3.16. The fourth-order valence-electron chi connectivity index (χ4n) is 2.29. The van der Waals surface area contributed by atoms with Gasteiger partial charge in [0.25, 0.3) is 5.91 Å². The number of phenolic OH excluding ortho intramolecular Hbond substituents is 1. The van der Waals surface area contributed by atoms with Crippen molar-refractivity contribution in [2.75, 3.05) is 6.54 Å². The molecule has 0 saturated heterocycles. The van der Waals surface area contributed by atoms with E-state index in [0.717, 1.165) is 5.56 Å². The lowest BCUT2D eigenvalue weighted by Crippen LogP contribution is -2.25. The third kappa shape index (κ3) is 3.43. The van der Waals surface area contributed by atoms with Crippen LogP contribution in [0.3, 0.4) is 0 Å². The monoisotopic (exact) mass is 326 g/mol. The molecule has 24 heavy (non-hydrogen) atoms. The molecule has 6 heteroatoms. The molecule has 3 aromatic rings. The van der Waals surface area contributed by atoms with E-state index in [4.69, 9.17) is 4.52 Å². The summed E-state index contributed by atoms with van der Waals surface area (Å²) in [5, 5.41) is 16.0. The van der Waals surface area contributed by atoms with Crippen LogP contribution >= 0.6 is 0 Å². The van der Waals surface area contributed by atoms with Crippen LogP contribution in [0.1, 0.15) is 16.1 Å². The number of nitrogens with zero attached hydrogens (tertiary/aromatic N) is 1. The fraction of sp³-hybridized carbons (Fsp3) is 0.111. The Morgan fingerprint density at radius 3 is 2.71 bits per heavy atom. The van der Waals surface area contributed by atoms with Gasteiger partial charge in [-0.1, -0.05) is 35.5 Å². The summed E-state index contributed by atoms with van der Waals surface area (Å²) in [6.45, 7) is 0.332. The number of para-hydroxylation sites is 1. The van der Waals surface area contributed by atoms with Crippen LogP contribution in [0.5, 0.6) is 5.75 Å². The normalized spacial score (nSPS) is 10.5. The van der Waals surface area contributed by atoms with Gasteiger partial charge in [-0.05, 0) is 30.2 Å². The number of halogens is 1. The maximum absolute atomic E-state index is 13.7. The van der Waals surface area contributed by atoms with Gasteiger partial charge < -0.3 is 14.9 Å². The number of carbonyl (C=O) groups excluding carboxylic acids is 1. The molecule has 2 N–H and O–H groups in total. The zero-order chi connectivity index (χ0) is 16.9. The molecular weight excluding hydrogens is 311 g/mol. The number of phenols is 1. The highest BCUT2D eigenvalue weighted by molar-refractivity contribution is 5.93. The molecule has 0 atom stereocenters. The molecule has 5 nitrogen and oxygen atoms in total. The minimum Gasteiger partial charge on any atom is -0.508 e. The molecule has 0 fully saturated rings. The Balaban J connectivity index is 1.62. The zero-order valence-electron chi connectivity index (χ0n) is 12.7. The van der Waals surface area contributed by atoms with E-state index in [0.29, 0.717) is 13.0 Å². The summed E-state index contributed by atoms with van der Waals surface area (Å²) >= 11 is 0. The molecule has 0 aliphatic rings. The summed E-state index contributed by atoms with van der Waals surface area (Å²) in [6.07, 6.45) is 0.483. The van der Waals surface area contributed by atoms with Crippen LogP contribution in [0, 0.1) is 5.82 Å². The van der Waals surface area contributed by atoms with Gasteiger partial charge in [0.15, 0.2) is 11.5 Å². The van der Waals surface area contributed by atoms with E-state index in [1.165, 1.54) is 12.1 Å². The van der Waals surface area contributed by atoms with E-state index in [-0.39, 0.29) is 22.8 Å². The van der Waals surface area contributed by atoms with Crippen LogP contribution < -0.4 is 5.32 Å². The molecule has 0 aliphatic carbocycles. The Morgan fingerprint density at radius 1 is 1.17 bits per heavy atom. The Bertz CT molecular complexity index is 861. The quantitative estimate of drug-likeness (QED) is 0.755. The van der Waals surface area contributed by atoms with E-state index >= 15 is 0 Å². The highest BCUT2D eigenvalue weighted by Crippen LogP contribution is 2.23. The van der Waals surface area contributed by atoms with Gasteiger partial charge in [0, 0.05) is 12.6 Å². The summed E-state index contributed by atoms with van der Waals surface area (Å²) in [7, 11) is 0. The minimum absolute atomic E-state index is 0.0746. The molecule has 0 unspecified atom stereocenters. The van der Waals surface area contributed by atoms with Crippen molar-refractivity contribution >= 4 is 5.91 Å². The summed E-state index contributed by atoms with van der Waals surface area (Å²) in [4.78, 5) is 12.1. The van der Waals surface area contributed by atoms with Crippen molar-refractivity contribution in [3.63, 3.8) is 0 Å². The number of carbonyl (C=O) groups is 1. The Labute approximate surface area is 137 Å². The van der Waals surface area contributed by atoms with Gasteiger partial charge in [-0.3, -0.25) is 4.79 Å². The molecule has 0 aliphatic heterocycles. The van der Waals surface area contributed by atoms with Crippen molar-refractivity contribution in [3.8, 4) is 17.1 Å². The lowest BCUT2D eigenvalue weighted by molar-refractivity contribution is 0.0945. The number of aromatic nitrogens is 1. The number of amides is 1. The first kappa shape index (κ1) is 15.7. The Hall–Kier alpha value is -3.15. The van der Waals surface area contributed by atoms with Gasteiger partial charge in [0.2, 0.25) is 0 Å². The van der Waals surface area contributed by atoms with Crippen LogP contribution in [0.25, 0.3) is 11.3 Å². The van der Waals surface area contributed by atoms with Gasteiger partial charge >= 0.3 is 0 Å². The first-order valence-corrected chi connectivity index (χ1v) is 7.42. The van der Waals surface area contributed by atoms with Gasteiger partial charge in [-0.15, -0.1) is 0 Å². The van der Waals surface area contributed by atoms with Crippen molar-refractivity contribution in [1.82, 2.24) is 10.5 Å². The van der Waals surface area contributed by atoms with Crippen molar-refractivity contribution in [2.24, 2.45) is 0 Å². The Kier molecular flexibility index (Phi) is 4.56. The first-order valence-electron chi connectivity index (χ1n) is 7.42. The molecule has 1 heterocycles. The van der Waals surface area contributed by atoms with E-state index in [1.807, 2.05) is 6.07 Å². The summed E-state index contributed by atoms with van der Waals surface area (Å²) in [6, 6.07) is 14.4. The first-order chi connectivity index (χ1) is 11.6. The number of aromatic hydroxyl groups is 1. The van der Waals surface area contributed by atoms with Gasteiger partial charge in [-0.25, -0.2) is 4.39 Å². The molecule has 0 spiro atoms. The van der Waals surface area contributed by atoms with Crippen molar-refractivity contribution in [1.29, 1.82) is 0 Å². The second-order valence-electron chi connectivity index (χ2n) is 5.19. The van der Waals surface area contributed by atoms with E-state index < -0.39 is 11.7 Å². The average Bonchev–Trinajstić information content (AvgIpc) is 3.07. The molecule has 3 rings (SSSR count). The highest BCUT2D eigenvalue weighted by Gasteiger charge is 2.15. The van der Waals surface area contributed by atoms with Crippen molar-refractivity contribution < 1.29 is 18.8 Å². The van der Waals surface area contributed by atoms with Crippen LogP contribution in [0.4, 0.5) is 4.39 Å². The van der Waals surface area contributed by atoms with Crippen LogP contribution in [0.15, 0.2) is 59.1 Å². The minimum atomic E-state index is -0.444. The van der Waals surface area contributed by atoms with Crippen LogP contribution in [0.2, 0.25) is 0 Å². The third-order valence-corrected chi connectivity index (χ3v) is 3.55. The smallest absolute Gasteiger partial charge is 0.273 e. The van der Waals surface area contributed by atoms with Gasteiger partial charge in [0.05, 0.1) is 5.56 Å². The summed E-state index contributed by atoms with van der Waals surface area (Å²) in [5.74, 6) is -0.481. The lowest BCUT2D eigenvalue weighted by atomic mass is 10.1. The summed E-state index contributed by atoms with van der Waals surface area (Å²) in [5.41, 5.74) is 1.06. The van der Waals surface area contributed by atoms with Gasteiger partial charge in [-0.2, -0.15) is 0 Å². The number of hydrogen-bond acceptors (Lipinski definition) is 4. The molecule has 122 valence electrons. The number of rotatable bonds is 5. The predicted molar refractivity (Wildman–Crippen MR) is 86.0 cm³/mol. The van der Waals surface area contributed by atoms with Crippen LogP contribution in [-0.4, -0.2) is 22.7 Å². The Morgan fingerprint density at radius 2 is 1.92 bits per heavy atom. The fourth-order valence-corrected chi connectivity index (χ4v) is 2.29.